The van der Waals surface area contributed by atoms with Crippen molar-refractivity contribution in [2.45, 2.75) is 46.7 Å². The van der Waals surface area contributed by atoms with Crippen LogP contribution in [0.2, 0.25) is 39.3 Å². The van der Waals surface area contributed by atoms with Crippen molar-refractivity contribution in [3.05, 3.63) is 0 Å². The second-order valence-corrected chi connectivity index (χ2v) is 14.6. The van der Waals surface area contributed by atoms with Crippen molar-refractivity contribution in [3.8, 4) is 0 Å². The molecule has 0 aromatic carbocycles. The molecule has 0 bridgehead atoms. The van der Waals surface area contributed by atoms with E-state index in [1.807, 2.05) is 0 Å². The molecule has 0 rings (SSSR count). The van der Waals surface area contributed by atoms with Crippen LogP contribution in [0.5, 0.6) is 0 Å². The number of rotatable bonds is 2. The van der Waals surface area contributed by atoms with E-state index in [1.165, 1.54) is 0 Å². The highest BCUT2D eigenvalue weighted by atomic mass is 28.4. The summed E-state index contributed by atoms with van der Waals surface area (Å²) in [7, 11) is -1.96. The van der Waals surface area contributed by atoms with Crippen molar-refractivity contribution in [3.63, 3.8) is 0 Å². The third-order valence-corrected chi connectivity index (χ3v) is 6.75. The van der Waals surface area contributed by atoms with Gasteiger partial charge in [-0.25, -0.2) is 0 Å². The van der Waals surface area contributed by atoms with Crippen LogP contribution in [0, 0.1) is 0 Å². The Bertz CT molecular complexity index is 76.8. The van der Waals surface area contributed by atoms with Crippen LogP contribution in [-0.4, -0.2) is 16.5 Å². The highest BCUT2D eigenvalue weighted by Gasteiger charge is 2.22. The fourth-order valence-electron chi connectivity index (χ4n) is 1.12. The van der Waals surface area contributed by atoms with E-state index in [1.54, 1.807) is 0 Å². The number of hydrogen-bond donors (Lipinski definition) is 1. The largest absolute Gasteiger partial charge is 0.360 e. The summed E-state index contributed by atoms with van der Waals surface area (Å²) >= 11 is 0. The minimum atomic E-state index is -0.981. The molecule has 0 aromatic heterocycles. The van der Waals surface area contributed by atoms with Crippen molar-refractivity contribution in [2.75, 3.05) is 0 Å². The minimum absolute atomic E-state index is 0. The highest BCUT2D eigenvalue weighted by Crippen LogP contribution is 2.02. The zero-order valence-electron chi connectivity index (χ0n) is 7.50. The molecule has 1 N–H and O–H groups in total. The molecule has 0 saturated carbocycles. The van der Waals surface area contributed by atoms with Crippen LogP contribution in [0.4, 0.5) is 0 Å². The zero-order valence-corrected chi connectivity index (χ0v) is 9.50. The van der Waals surface area contributed by atoms with Gasteiger partial charge in [-0.05, 0) is 0 Å². The van der Waals surface area contributed by atoms with E-state index in [9.17, 15) is 0 Å². The van der Waals surface area contributed by atoms with Crippen LogP contribution in [0.25, 0.3) is 0 Å². The van der Waals surface area contributed by atoms with E-state index < -0.39 is 16.5 Å². The SMILES string of the molecule is C.C[Si](C)(C)N[Si](C)(C)C. The van der Waals surface area contributed by atoms with Crippen LogP contribution in [0.15, 0.2) is 0 Å². The van der Waals surface area contributed by atoms with Crippen molar-refractivity contribution in [1.29, 1.82) is 0 Å². The van der Waals surface area contributed by atoms with Crippen molar-refractivity contribution in [2.24, 2.45) is 0 Å². The summed E-state index contributed by atoms with van der Waals surface area (Å²) in [6, 6.07) is 0. The van der Waals surface area contributed by atoms with Gasteiger partial charge in [-0.15, -0.1) is 0 Å². The van der Waals surface area contributed by atoms with Gasteiger partial charge in [0.05, 0.1) is 0 Å². The van der Waals surface area contributed by atoms with Crippen LogP contribution >= 0.6 is 0 Å². The molecule has 0 aliphatic rings. The van der Waals surface area contributed by atoms with Crippen LogP contribution in [-0.2, 0) is 0 Å². The van der Waals surface area contributed by atoms with Crippen LogP contribution in [0.1, 0.15) is 7.43 Å². The lowest BCUT2D eigenvalue weighted by molar-refractivity contribution is 1.30. The molecule has 64 valence electrons. The second kappa shape index (κ2) is 3.69. The average molecular weight is 177 g/mol. The first-order valence-corrected chi connectivity index (χ1v) is 10.5. The molecule has 0 aromatic rings. The molecule has 0 aliphatic carbocycles. The quantitative estimate of drug-likeness (QED) is 0.640. The lowest BCUT2D eigenvalue weighted by Crippen LogP contribution is -2.55. The first-order valence-electron chi connectivity index (χ1n) is 3.50. The van der Waals surface area contributed by atoms with Crippen molar-refractivity contribution in [1.82, 2.24) is 4.65 Å². The molecule has 0 atom stereocenters. The van der Waals surface area contributed by atoms with Crippen LogP contribution in [0.3, 0.4) is 0 Å². The Balaban J connectivity index is 0. The summed E-state index contributed by atoms with van der Waals surface area (Å²) in [5, 5.41) is 0. The fraction of sp³-hybridized carbons (Fsp3) is 1.00. The number of nitrogens with one attached hydrogen (secondary N) is 1. The topological polar surface area (TPSA) is 12.0 Å². The Labute approximate surface area is 68.4 Å². The van der Waals surface area contributed by atoms with Gasteiger partial charge in [-0.2, -0.15) is 0 Å². The van der Waals surface area contributed by atoms with Gasteiger partial charge in [0.15, 0.2) is 0 Å². The second-order valence-electron chi connectivity index (χ2n) is 4.62. The molecule has 1 nitrogen and oxygen atoms in total. The van der Waals surface area contributed by atoms with Gasteiger partial charge in [-0.1, -0.05) is 46.7 Å². The summed E-state index contributed by atoms with van der Waals surface area (Å²) in [4.78, 5) is 0. The Morgan fingerprint density at radius 3 is 0.900 bits per heavy atom. The maximum absolute atomic E-state index is 3.74. The third kappa shape index (κ3) is 11.2. The maximum atomic E-state index is 3.74. The molecule has 0 amide bonds. The van der Waals surface area contributed by atoms with Crippen molar-refractivity contribution >= 4 is 16.5 Å². The Morgan fingerprint density at radius 2 is 0.900 bits per heavy atom. The molecule has 0 radical (unpaired) electrons. The van der Waals surface area contributed by atoms with Crippen molar-refractivity contribution < 1.29 is 0 Å². The predicted molar refractivity (Wildman–Crippen MR) is 56.6 cm³/mol. The van der Waals surface area contributed by atoms with E-state index in [2.05, 4.69) is 43.9 Å². The molecule has 0 unspecified atom stereocenters. The van der Waals surface area contributed by atoms with Gasteiger partial charge in [0, 0.05) is 0 Å². The first-order chi connectivity index (χ1) is 3.71. The minimum Gasteiger partial charge on any atom is -0.360 e. The first kappa shape index (κ1) is 13.0. The van der Waals surface area contributed by atoms with Gasteiger partial charge in [0.2, 0.25) is 0 Å². The molecule has 0 saturated heterocycles. The van der Waals surface area contributed by atoms with E-state index in [0.717, 1.165) is 0 Å². The standard InChI is InChI=1S/C6H19NSi2.CH4/c1-8(2,3)7-9(4,5)6;/h7H,1-6H3;1H4. The van der Waals surface area contributed by atoms with Crippen LogP contribution < -0.4 is 4.65 Å². The summed E-state index contributed by atoms with van der Waals surface area (Å²) in [5.41, 5.74) is 0. The molecule has 0 fully saturated rings. The highest BCUT2D eigenvalue weighted by molar-refractivity contribution is 6.90. The summed E-state index contributed by atoms with van der Waals surface area (Å²) in [6.45, 7) is 14.1. The van der Waals surface area contributed by atoms with E-state index in [-0.39, 0.29) is 7.43 Å². The lowest BCUT2D eigenvalue weighted by Gasteiger charge is -2.28. The third-order valence-electron chi connectivity index (χ3n) is 0.750. The number of hydrogen-bond acceptors (Lipinski definition) is 1. The monoisotopic (exact) mass is 177 g/mol. The Hall–Kier alpha value is 0.394. The van der Waals surface area contributed by atoms with Gasteiger partial charge in [0.1, 0.15) is 16.5 Å². The zero-order chi connectivity index (χ0) is 7.71. The van der Waals surface area contributed by atoms with E-state index in [4.69, 9.17) is 0 Å². The average Bonchev–Trinajstić information content (AvgIpc) is 1.14. The maximum Gasteiger partial charge on any atom is 0.109 e. The summed E-state index contributed by atoms with van der Waals surface area (Å²) in [5.74, 6) is 0. The fourth-order valence-corrected chi connectivity index (χ4v) is 10.1. The summed E-state index contributed by atoms with van der Waals surface area (Å²) in [6.07, 6.45) is 0. The van der Waals surface area contributed by atoms with Gasteiger partial charge in [-0.3, -0.25) is 0 Å². The Kier molecular flexibility index (Phi) is 4.80. The molecule has 10 heavy (non-hydrogen) atoms. The normalized spacial score (nSPS) is 12.6. The van der Waals surface area contributed by atoms with Gasteiger partial charge < -0.3 is 4.65 Å². The Morgan fingerprint density at radius 1 is 0.700 bits per heavy atom. The predicted octanol–water partition coefficient (Wildman–Crippen LogP) is 2.88. The molecule has 0 spiro atoms. The lowest BCUT2D eigenvalue weighted by atomic mass is 11.8. The molecule has 3 heteroatoms. The molecular weight excluding hydrogens is 154 g/mol. The molecular formula is C7H23NSi2. The van der Waals surface area contributed by atoms with E-state index in [0.29, 0.717) is 0 Å². The molecule has 0 heterocycles. The van der Waals surface area contributed by atoms with Gasteiger partial charge >= 0.3 is 0 Å². The van der Waals surface area contributed by atoms with Gasteiger partial charge in [0.25, 0.3) is 0 Å². The van der Waals surface area contributed by atoms with E-state index >= 15 is 0 Å². The smallest absolute Gasteiger partial charge is 0.109 e. The summed E-state index contributed by atoms with van der Waals surface area (Å²) < 4.78 is 3.74. The molecule has 0 aliphatic heterocycles.